The lowest BCUT2D eigenvalue weighted by molar-refractivity contribution is -0.134. The van der Waals surface area contributed by atoms with Gasteiger partial charge in [-0.2, -0.15) is 5.10 Å². The van der Waals surface area contributed by atoms with Crippen LogP contribution >= 0.6 is 0 Å². The maximum absolute atomic E-state index is 12.8. The Morgan fingerprint density at radius 1 is 1.41 bits per heavy atom. The summed E-state index contributed by atoms with van der Waals surface area (Å²) in [5.41, 5.74) is 2.38. The lowest BCUT2D eigenvalue weighted by Crippen LogP contribution is -2.35. The van der Waals surface area contributed by atoms with E-state index in [1.54, 1.807) is 18.3 Å². The maximum Gasteiger partial charge on any atom is 0.257 e. The van der Waals surface area contributed by atoms with Gasteiger partial charge in [0.25, 0.3) is 5.56 Å². The van der Waals surface area contributed by atoms with Crippen LogP contribution in [0.4, 0.5) is 0 Å². The van der Waals surface area contributed by atoms with E-state index in [0.717, 1.165) is 17.8 Å². The molecule has 0 aliphatic carbocycles. The van der Waals surface area contributed by atoms with Crippen LogP contribution in [0.5, 0.6) is 0 Å². The Balaban J connectivity index is 1.46. The summed E-state index contributed by atoms with van der Waals surface area (Å²) in [5.74, 6) is 0.125. The number of amides is 1. The molecule has 1 aliphatic heterocycles. The first-order valence-electron chi connectivity index (χ1n) is 9.28. The van der Waals surface area contributed by atoms with Gasteiger partial charge in [0.2, 0.25) is 5.91 Å². The van der Waals surface area contributed by atoms with Crippen molar-refractivity contribution in [3.05, 3.63) is 58.4 Å². The average Bonchev–Trinajstić information content (AvgIpc) is 3.30. The Kier molecular flexibility index (Phi) is 4.51. The molecular formula is C20H23N5O2. The average molecular weight is 365 g/mol. The number of H-pyrrole nitrogens is 1. The van der Waals surface area contributed by atoms with Gasteiger partial charge in [-0.15, -0.1) is 0 Å². The third kappa shape index (κ3) is 3.49. The number of hydrogen-bond acceptors (Lipinski definition) is 4. The first-order chi connectivity index (χ1) is 13.0. The summed E-state index contributed by atoms with van der Waals surface area (Å²) in [6, 6.07) is 7.41. The zero-order valence-corrected chi connectivity index (χ0v) is 15.6. The second-order valence-electron chi connectivity index (χ2n) is 7.34. The fraction of sp³-hybridized carbons (Fsp3) is 0.400. The maximum atomic E-state index is 12.8. The molecule has 3 aromatic heterocycles. The molecule has 7 nitrogen and oxygen atoms in total. The summed E-state index contributed by atoms with van der Waals surface area (Å²) in [6.07, 6.45) is 4.43. The van der Waals surface area contributed by atoms with E-state index < -0.39 is 0 Å². The van der Waals surface area contributed by atoms with Gasteiger partial charge in [-0.05, 0) is 37.6 Å². The van der Waals surface area contributed by atoms with Gasteiger partial charge in [0, 0.05) is 37.1 Å². The normalized spacial score (nSPS) is 18.1. The van der Waals surface area contributed by atoms with Crippen LogP contribution in [0.15, 0.2) is 41.5 Å². The number of nitrogens with zero attached hydrogens (tertiary/aromatic N) is 4. The van der Waals surface area contributed by atoms with Crippen LogP contribution in [0, 0.1) is 12.8 Å². The Morgan fingerprint density at radius 3 is 3.04 bits per heavy atom. The van der Waals surface area contributed by atoms with Crippen molar-refractivity contribution in [2.45, 2.75) is 32.7 Å². The van der Waals surface area contributed by atoms with Crippen molar-refractivity contribution in [1.82, 2.24) is 24.6 Å². The zero-order chi connectivity index (χ0) is 19.0. The highest BCUT2D eigenvalue weighted by atomic mass is 16.2. The Labute approximate surface area is 157 Å². The molecule has 4 rings (SSSR count). The van der Waals surface area contributed by atoms with Crippen LogP contribution in [0.1, 0.15) is 30.7 Å². The molecule has 0 unspecified atom stereocenters. The standard InChI is InChI=1S/C20H23N5O2/c1-13(11-25-9-5-14(2)23-25)20(27)24-8-6-15(12-24)17-10-18-16(19(26)22-17)4-3-7-21-18/h3-5,7,9-10,13,15H,6,8,11-12H2,1-2H3,(H,22,26)/t13-,15-/m1/s1. The monoisotopic (exact) mass is 365 g/mol. The summed E-state index contributed by atoms with van der Waals surface area (Å²) < 4.78 is 1.82. The SMILES string of the molecule is Cc1ccn(C[C@@H](C)C(=O)N2CC[C@@H](c3cc4ncccc4c(=O)[nH]3)C2)n1. The molecule has 0 radical (unpaired) electrons. The van der Waals surface area contributed by atoms with E-state index in [9.17, 15) is 9.59 Å². The minimum atomic E-state index is -0.139. The van der Waals surface area contributed by atoms with Crippen LogP contribution in [0.2, 0.25) is 0 Å². The molecule has 1 saturated heterocycles. The van der Waals surface area contributed by atoms with E-state index >= 15 is 0 Å². The number of carbonyl (C=O) groups is 1. The van der Waals surface area contributed by atoms with Crippen molar-refractivity contribution in [2.75, 3.05) is 13.1 Å². The summed E-state index contributed by atoms with van der Waals surface area (Å²) in [7, 11) is 0. The predicted molar refractivity (Wildman–Crippen MR) is 102 cm³/mol. The molecule has 1 N–H and O–H groups in total. The zero-order valence-electron chi connectivity index (χ0n) is 15.6. The van der Waals surface area contributed by atoms with Crippen molar-refractivity contribution < 1.29 is 4.79 Å². The molecule has 1 amide bonds. The lowest BCUT2D eigenvalue weighted by Gasteiger charge is -2.21. The van der Waals surface area contributed by atoms with Crippen molar-refractivity contribution in [3.8, 4) is 0 Å². The van der Waals surface area contributed by atoms with Crippen molar-refractivity contribution in [1.29, 1.82) is 0 Å². The van der Waals surface area contributed by atoms with Crippen LogP contribution < -0.4 is 5.56 Å². The number of aromatic amines is 1. The fourth-order valence-corrected chi connectivity index (χ4v) is 3.78. The van der Waals surface area contributed by atoms with Gasteiger partial charge in [-0.25, -0.2) is 0 Å². The van der Waals surface area contributed by atoms with Crippen molar-refractivity contribution in [2.24, 2.45) is 5.92 Å². The van der Waals surface area contributed by atoms with Crippen LogP contribution in [0.25, 0.3) is 10.9 Å². The van der Waals surface area contributed by atoms with E-state index in [0.29, 0.717) is 30.5 Å². The number of aromatic nitrogens is 4. The van der Waals surface area contributed by atoms with Gasteiger partial charge in [-0.3, -0.25) is 19.3 Å². The molecule has 0 saturated carbocycles. The van der Waals surface area contributed by atoms with E-state index in [2.05, 4.69) is 15.1 Å². The number of pyridine rings is 2. The number of likely N-dealkylation sites (tertiary alicyclic amines) is 1. The lowest BCUT2D eigenvalue weighted by atomic mass is 10.0. The highest BCUT2D eigenvalue weighted by Gasteiger charge is 2.30. The van der Waals surface area contributed by atoms with Gasteiger partial charge in [0.1, 0.15) is 0 Å². The molecule has 3 aromatic rings. The predicted octanol–water partition coefficient (Wildman–Crippen LogP) is 2.08. The van der Waals surface area contributed by atoms with Crippen LogP contribution in [0.3, 0.4) is 0 Å². The molecule has 4 heterocycles. The molecular weight excluding hydrogens is 342 g/mol. The number of aryl methyl sites for hydroxylation is 1. The van der Waals surface area contributed by atoms with E-state index in [1.165, 1.54) is 0 Å². The number of rotatable bonds is 4. The second-order valence-corrected chi connectivity index (χ2v) is 7.34. The number of nitrogens with one attached hydrogen (secondary N) is 1. The Hall–Kier alpha value is -2.96. The third-order valence-corrected chi connectivity index (χ3v) is 5.23. The first kappa shape index (κ1) is 17.5. The quantitative estimate of drug-likeness (QED) is 0.767. The fourth-order valence-electron chi connectivity index (χ4n) is 3.78. The highest BCUT2D eigenvalue weighted by molar-refractivity contribution is 5.79. The topological polar surface area (TPSA) is 83.9 Å². The molecule has 27 heavy (non-hydrogen) atoms. The number of fused-ring (bicyclic) bond motifs is 1. The summed E-state index contributed by atoms with van der Waals surface area (Å²) >= 11 is 0. The Morgan fingerprint density at radius 2 is 2.26 bits per heavy atom. The third-order valence-electron chi connectivity index (χ3n) is 5.23. The molecule has 2 atom stereocenters. The van der Waals surface area contributed by atoms with Gasteiger partial charge in [0.05, 0.1) is 29.1 Å². The molecule has 140 valence electrons. The molecule has 0 aromatic carbocycles. The minimum absolute atomic E-state index is 0.122. The van der Waals surface area contributed by atoms with Gasteiger partial charge < -0.3 is 9.88 Å². The van der Waals surface area contributed by atoms with E-state index in [-0.39, 0.29) is 23.3 Å². The van der Waals surface area contributed by atoms with Gasteiger partial charge >= 0.3 is 0 Å². The minimum Gasteiger partial charge on any atom is -0.342 e. The smallest absolute Gasteiger partial charge is 0.257 e. The van der Waals surface area contributed by atoms with E-state index in [4.69, 9.17) is 0 Å². The first-order valence-corrected chi connectivity index (χ1v) is 9.28. The van der Waals surface area contributed by atoms with E-state index in [1.807, 2.05) is 41.8 Å². The van der Waals surface area contributed by atoms with Crippen LogP contribution in [-0.2, 0) is 11.3 Å². The van der Waals surface area contributed by atoms with Gasteiger partial charge in [-0.1, -0.05) is 6.92 Å². The highest BCUT2D eigenvalue weighted by Crippen LogP contribution is 2.27. The molecule has 0 bridgehead atoms. The van der Waals surface area contributed by atoms with Crippen molar-refractivity contribution in [3.63, 3.8) is 0 Å². The van der Waals surface area contributed by atoms with Crippen molar-refractivity contribution >= 4 is 16.8 Å². The van der Waals surface area contributed by atoms with Gasteiger partial charge in [0.15, 0.2) is 0 Å². The molecule has 7 heteroatoms. The van der Waals surface area contributed by atoms with Crippen LogP contribution in [-0.4, -0.2) is 43.6 Å². The Bertz CT molecular complexity index is 1040. The summed E-state index contributed by atoms with van der Waals surface area (Å²) in [4.78, 5) is 34.3. The molecule has 1 fully saturated rings. The molecule has 0 spiro atoms. The summed E-state index contributed by atoms with van der Waals surface area (Å²) in [6.45, 7) is 5.77. The number of hydrogen-bond donors (Lipinski definition) is 1. The largest absolute Gasteiger partial charge is 0.342 e. The molecule has 1 aliphatic rings. The second kappa shape index (κ2) is 6.98. The summed E-state index contributed by atoms with van der Waals surface area (Å²) in [5, 5.41) is 4.95. The number of carbonyl (C=O) groups excluding carboxylic acids is 1.